The van der Waals surface area contributed by atoms with Crippen LogP contribution in [-0.2, 0) is 21.3 Å². The van der Waals surface area contributed by atoms with Crippen LogP contribution in [0.4, 0.5) is 5.00 Å². The Morgan fingerprint density at radius 1 is 1.23 bits per heavy atom. The molecule has 158 valence electrons. The summed E-state index contributed by atoms with van der Waals surface area (Å²) >= 11 is 2.12. The zero-order chi connectivity index (χ0) is 21.8. The SMILES string of the molecule is COC(=O)c1sc(NC(=O)CSc2nnc(-c3ccco3)n2C)c(C(=O)OC)c1C. The average Bonchev–Trinajstić information content (AvgIpc) is 3.45. The van der Waals surface area contributed by atoms with Crippen LogP contribution in [0.15, 0.2) is 28.0 Å². The van der Waals surface area contributed by atoms with E-state index in [-0.39, 0.29) is 27.1 Å². The van der Waals surface area contributed by atoms with Crippen molar-refractivity contribution in [3.05, 3.63) is 34.4 Å². The lowest BCUT2D eigenvalue weighted by molar-refractivity contribution is -0.113. The first kappa shape index (κ1) is 21.6. The molecule has 0 radical (unpaired) electrons. The molecule has 0 bridgehead atoms. The molecule has 0 aliphatic carbocycles. The van der Waals surface area contributed by atoms with Crippen LogP contribution < -0.4 is 5.32 Å². The van der Waals surface area contributed by atoms with Gasteiger partial charge in [0.25, 0.3) is 0 Å². The molecule has 1 amide bonds. The third-order valence-corrected chi connectivity index (χ3v) is 6.28. The molecule has 1 N–H and O–H groups in total. The molecule has 0 aliphatic heterocycles. The highest BCUT2D eigenvalue weighted by atomic mass is 32.2. The minimum atomic E-state index is -0.654. The Morgan fingerprint density at radius 2 is 1.97 bits per heavy atom. The van der Waals surface area contributed by atoms with E-state index >= 15 is 0 Å². The van der Waals surface area contributed by atoms with Crippen LogP contribution in [-0.4, -0.2) is 52.6 Å². The van der Waals surface area contributed by atoms with Gasteiger partial charge in [-0.2, -0.15) is 0 Å². The van der Waals surface area contributed by atoms with Gasteiger partial charge < -0.3 is 23.8 Å². The van der Waals surface area contributed by atoms with Gasteiger partial charge >= 0.3 is 11.9 Å². The van der Waals surface area contributed by atoms with Gasteiger partial charge in [0.15, 0.2) is 16.7 Å². The molecule has 3 aromatic rings. The van der Waals surface area contributed by atoms with Gasteiger partial charge in [-0.15, -0.1) is 21.5 Å². The van der Waals surface area contributed by atoms with Gasteiger partial charge in [-0.25, -0.2) is 9.59 Å². The molecular weight excluding hydrogens is 432 g/mol. The smallest absolute Gasteiger partial charge is 0.348 e. The molecule has 0 unspecified atom stereocenters. The van der Waals surface area contributed by atoms with E-state index in [4.69, 9.17) is 13.9 Å². The molecule has 12 heteroatoms. The lowest BCUT2D eigenvalue weighted by Gasteiger charge is -2.06. The van der Waals surface area contributed by atoms with Crippen LogP contribution in [0.3, 0.4) is 0 Å². The molecule has 0 aromatic carbocycles. The van der Waals surface area contributed by atoms with Crippen LogP contribution in [0.5, 0.6) is 0 Å². The first-order valence-corrected chi connectivity index (χ1v) is 10.3. The van der Waals surface area contributed by atoms with Crippen LogP contribution in [0, 0.1) is 6.92 Å². The monoisotopic (exact) mass is 450 g/mol. The number of hydrogen-bond donors (Lipinski definition) is 1. The molecule has 0 saturated carbocycles. The lowest BCUT2D eigenvalue weighted by atomic mass is 10.1. The van der Waals surface area contributed by atoms with Crippen LogP contribution in [0.2, 0.25) is 0 Å². The van der Waals surface area contributed by atoms with Gasteiger partial charge in [0.1, 0.15) is 9.88 Å². The van der Waals surface area contributed by atoms with Crippen LogP contribution >= 0.6 is 23.1 Å². The van der Waals surface area contributed by atoms with Crippen molar-refractivity contribution in [2.75, 3.05) is 25.3 Å². The van der Waals surface area contributed by atoms with Crippen molar-refractivity contribution in [3.8, 4) is 11.6 Å². The topological polar surface area (TPSA) is 126 Å². The van der Waals surface area contributed by atoms with Crippen molar-refractivity contribution in [3.63, 3.8) is 0 Å². The van der Waals surface area contributed by atoms with E-state index in [0.29, 0.717) is 22.3 Å². The van der Waals surface area contributed by atoms with E-state index < -0.39 is 11.9 Å². The summed E-state index contributed by atoms with van der Waals surface area (Å²) in [5.74, 6) is -0.526. The number of furan rings is 1. The van der Waals surface area contributed by atoms with Gasteiger partial charge in [-0.05, 0) is 24.6 Å². The molecular formula is C18H18N4O6S2. The molecule has 3 heterocycles. The Hall–Kier alpha value is -3.12. The Morgan fingerprint density at radius 3 is 2.60 bits per heavy atom. The Kier molecular flexibility index (Phi) is 6.57. The molecule has 0 spiro atoms. The fraction of sp³-hybridized carbons (Fsp3) is 0.278. The average molecular weight is 450 g/mol. The zero-order valence-electron chi connectivity index (χ0n) is 16.5. The number of carbonyl (C=O) groups excluding carboxylic acids is 3. The molecule has 3 aromatic heterocycles. The minimum Gasteiger partial charge on any atom is -0.465 e. The summed E-state index contributed by atoms with van der Waals surface area (Å²) in [5.41, 5.74) is 0.512. The molecule has 10 nitrogen and oxygen atoms in total. The number of thiophene rings is 1. The summed E-state index contributed by atoms with van der Waals surface area (Å²) in [4.78, 5) is 36.8. The van der Waals surface area contributed by atoms with Gasteiger partial charge in [0.2, 0.25) is 5.91 Å². The predicted molar refractivity (Wildman–Crippen MR) is 110 cm³/mol. The van der Waals surface area contributed by atoms with E-state index in [2.05, 4.69) is 15.5 Å². The number of esters is 2. The van der Waals surface area contributed by atoms with E-state index in [1.807, 2.05) is 0 Å². The zero-order valence-corrected chi connectivity index (χ0v) is 18.2. The normalized spacial score (nSPS) is 10.7. The van der Waals surface area contributed by atoms with Crippen molar-refractivity contribution in [2.45, 2.75) is 12.1 Å². The molecule has 0 fully saturated rings. The van der Waals surface area contributed by atoms with Gasteiger partial charge in [-0.3, -0.25) is 4.79 Å². The maximum absolute atomic E-state index is 12.5. The lowest BCUT2D eigenvalue weighted by Crippen LogP contribution is -2.16. The molecule has 0 atom stereocenters. The minimum absolute atomic E-state index is 0.00917. The Balaban J connectivity index is 1.74. The number of hydrogen-bond acceptors (Lipinski definition) is 10. The van der Waals surface area contributed by atoms with Crippen LogP contribution in [0.1, 0.15) is 25.6 Å². The van der Waals surface area contributed by atoms with Crippen molar-refractivity contribution >= 4 is 45.9 Å². The van der Waals surface area contributed by atoms with Crippen LogP contribution in [0.25, 0.3) is 11.6 Å². The summed E-state index contributed by atoms with van der Waals surface area (Å²) < 4.78 is 16.5. The van der Waals surface area contributed by atoms with E-state index in [1.54, 1.807) is 30.7 Å². The van der Waals surface area contributed by atoms with Crippen molar-refractivity contribution in [2.24, 2.45) is 7.05 Å². The first-order valence-electron chi connectivity index (χ1n) is 8.53. The fourth-order valence-electron chi connectivity index (χ4n) is 2.59. The number of aromatic nitrogens is 3. The second-order valence-corrected chi connectivity index (χ2v) is 7.89. The number of nitrogens with one attached hydrogen (secondary N) is 1. The van der Waals surface area contributed by atoms with Crippen molar-refractivity contribution in [1.82, 2.24) is 14.8 Å². The molecule has 0 saturated heterocycles. The fourth-order valence-corrected chi connectivity index (χ4v) is 4.43. The van der Waals surface area contributed by atoms with E-state index in [9.17, 15) is 14.4 Å². The third-order valence-electron chi connectivity index (χ3n) is 4.07. The van der Waals surface area contributed by atoms with Crippen molar-refractivity contribution in [1.29, 1.82) is 0 Å². The molecule has 30 heavy (non-hydrogen) atoms. The number of carbonyl (C=O) groups is 3. The highest BCUT2D eigenvalue weighted by Crippen LogP contribution is 2.34. The number of amides is 1. The maximum Gasteiger partial charge on any atom is 0.348 e. The number of methoxy groups -OCH3 is 2. The number of ether oxygens (including phenoxy) is 2. The number of thioether (sulfide) groups is 1. The second-order valence-electron chi connectivity index (χ2n) is 5.92. The molecule has 0 aliphatic rings. The number of anilines is 1. The first-order chi connectivity index (χ1) is 14.4. The second kappa shape index (κ2) is 9.13. The summed E-state index contributed by atoms with van der Waals surface area (Å²) in [6, 6.07) is 3.51. The summed E-state index contributed by atoms with van der Waals surface area (Å²) in [6.45, 7) is 1.59. The Bertz CT molecular complexity index is 1090. The summed E-state index contributed by atoms with van der Waals surface area (Å²) in [6.07, 6.45) is 1.54. The van der Waals surface area contributed by atoms with E-state index in [0.717, 1.165) is 11.3 Å². The largest absolute Gasteiger partial charge is 0.465 e. The van der Waals surface area contributed by atoms with E-state index in [1.165, 1.54) is 32.2 Å². The summed E-state index contributed by atoms with van der Waals surface area (Å²) in [5, 5.41) is 11.5. The van der Waals surface area contributed by atoms with Crippen molar-refractivity contribution < 1.29 is 28.3 Å². The number of nitrogens with zero attached hydrogens (tertiary/aromatic N) is 3. The molecule has 3 rings (SSSR count). The standard InChI is InChI=1S/C18H18N4O6S2/c1-9-12(16(24)26-3)15(30-13(9)17(25)27-4)19-11(23)8-29-18-21-20-14(22(18)2)10-6-5-7-28-10/h5-7H,8H2,1-4H3,(H,19,23). The number of rotatable bonds is 7. The van der Waals surface area contributed by atoms with Gasteiger partial charge in [0, 0.05) is 7.05 Å². The third kappa shape index (κ3) is 4.24. The summed E-state index contributed by atoms with van der Waals surface area (Å²) in [7, 11) is 4.23. The quantitative estimate of drug-likeness (QED) is 0.427. The highest BCUT2D eigenvalue weighted by Gasteiger charge is 2.27. The van der Waals surface area contributed by atoms with Gasteiger partial charge in [0.05, 0.1) is 31.8 Å². The maximum atomic E-state index is 12.5. The predicted octanol–water partition coefficient (Wildman–Crippen LogP) is 2.75. The highest BCUT2D eigenvalue weighted by molar-refractivity contribution is 7.99. The Labute approximate surface area is 179 Å². The van der Waals surface area contributed by atoms with Gasteiger partial charge in [-0.1, -0.05) is 11.8 Å².